The van der Waals surface area contributed by atoms with Crippen molar-refractivity contribution in [1.29, 1.82) is 0 Å². The molecule has 4 rings (SSSR count). The fraction of sp³-hybridized carbons (Fsp3) is 0.333. The first-order valence-corrected chi connectivity index (χ1v) is 11.2. The van der Waals surface area contributed by atoms with Crippen LogP contribution in [0.5, 0.6) is 5.75 Å². The van der Waals surface area contributed by atoms with Gasteiger partial charge in [0.05, 0.1) is 0 Å². The summed E-state index contributed by atoms with van der Waals surface area (Å²) in [6, 6.07) is 9.71. The smallest absolute Gasteiger partial charge is 0.252 e. The van der Waals surface area contributed by atoms with Gasteiger partial charge in [0.1, 0.15) is 5.75 Å². The first-order valence-electron chi connectivity index (χ1n) is 10.3. The summed E-state index contributed by atoms with van der Waals surface area (Å²) in [5.41, 5.74) is 6.67. The van der Waals surface area contributed by atoms with Crippen LogP contribution in [-0.4, -0.2) is 33.5 Å². The van der Waals surface area contributed by atoms with Crippen LogP contribution in [0.25, 0.3) is 0 Å². The van der Waals surface area contributed by atoms with Crippen LogP contribution in [0.4, 0.5) is 0 Å². The topological polar surface area (TPSA) is 65.5 Å². The summed E-state index contributed by atoms with van der Waals surface area (Å²) in [6.45, 7) is 6.64. The molecule has 3 heterocycles. The highest BCUT2D eigenvalue weighted by Crippen LogP contribution is 2.26. The van der Waals surface area contributed by atoms with Crippen LogP contribution >= 0.6 is 11.3 Å². The predicted octanol–water partition coefficient (Wildman–Crippen LogP) is 4.08. The third kappa shape index (κ3) is 4.55. The Balaban J connectivity index is 1.44. The van der Waals surface area contributed by atoms with Gasteiger partial charge in [0.25, 0.3) is 5.91 Å². The highest BCUT2D eigenvalue weighted by molar-refractivity contribution is 7.08. The summed E-state index contributed by atoms with van der Waals surface area (Å²) in [4.78, 5) is 19.4. The van der Waals surface area contributed by atoms with E-state index in [9.17, 15) is 9.90 Å². The number of rotatable bonds is 6. The lowest BCUT2D eigenvalue weighted by Gasteiger charge is -2.35. The van der Waals surface area contributed by atoms with E-state index in [0.717, 1.165) is 37.2 Å². The summed E-state index contributed by atoms with van der Waals surface area (Å²) in [6.07, 6.45) is 3.90. The number of aryl methyl sites for hydroxylation is 1. The van der Waals surface area contributed by atoms with Gasteiger partial charge in [0, 0.05) is 48.5 Å². The minimum Gasteiger partial charge on any atom is -0.508 e. The van der Waals surface area contributed by atoms with Gasteiger partial charge in [-0.3, -0.25) is 14.7 Å². The number of phenols is 1. The molecule has 2 N–H and O–H groups in total. The third-order valence-electron chi connectivity index (χ3n) is 5.93. The number of hydrogen-bond donors (Lipinski definition) is 2. The molecule has 1 unspecified atom stereocenters. The number of carbonyl (C=O) groups excluding carboxylic acids is 1. The van der Waals surface area contributed by atoms with E-state index in [1.807, 2.05) is 42.1 Å². The Morgan fingerprint density at radius 1 is 1.30 bits per heavy atom. The van der Waals surface area contributed by atoms with Gasteiger partial charge in [-0.15, -0.1) is 0 Å². The van der Waals surface area contributed by atoms with Crippen molar-refractivity contribution in [2.75, 3.05) is 6.54 Å². The van der Waals surface area contributed by atoms with Gasteiger partial charge in [0.15, 0.2) is 0 Å². The largest absolute Gasteiger partial charge is 0.508 e. The number of thiophene rings is 1. The number of hydrogen-bond acceptors (Lipinski definition) is 5. The number of phenolic OH excluding ortho intramolecular Hbond substituents is 1. The maximum atomic E-state index is 12.3. The fourth-order valence-corrected chi connectivity index (χ4v) is 4.76. The summed E-state index contributed by atoms with van der Waals surface area (Å²) >= 11 is 1.53. The molecular formula is C24H27N3O2S. The average Bonchev–Trinajstić information content (AvgIpc) is 3.29. The monoisotopic (exact) mass is 421 g/mol. The second-order valence-corrected chi connectivity index (χ2v) is 8.74. The Bertz CT molecular complexity index is 1020. The number of nitrogens with zero attached hydrogens (tertiary/aromatic N) is 2. The lowest BCUT2D eigenvalue weighted by atomic mass is 9.93. The Morgan fingerprint density at radius 3 is 2.83 bits per heavy atom. The van der Waals surface area contributed by atoms with E-state index < -0.39 is 0 Å². The van der Waals surface area contributed by atoms with Gasteiger partial charge < -0.3 is 10.4 Å². The van der Waals surface area contributed by atoms with E-state index in [1.165, 1.54) is 28.0 Å². The Kier molecular flexibility index (Phi) is 6.16. The molecule has 5 nitrogen and oxygen atoms in total. The van der Waals surface area contributed by atoms with Gasteiger partial charge in [-0.25, -0.2) is 0 Å². The zero-order valence-electron chi connectivity index (χ0n) is 17.4. The molecule has 1 atom stereocenters. The molecule has 1 amide bonds. The predicted molar refractivity (Wildman–Crippen MR) is 120 cm³/mol. The summed E-state index contributed by atoms with van der Waals surface area (Å²) in [5.74, 6) is 0.270. The number of carbonyl (C=O) groups is 1. The highest BCUT2D eigenvalue weighted by atomic mass is 32.1. The zero-order valence-corrected chi connectivity index (χ0v) is 18.2. The van der Waals surface area contributed by atoms with Crippen LogP contribution in [0.1, 0.15) is 45.2 Å². The Labute approximate surface area is 181 Å². The molecule has 1 aliphatic rings. The molecule has 156 valence electrons. The maximum absolute atomic E-state index is 12.3. The number of amides is 1. The highest BCUT2D eigenvalue weighted by Gasteiger charge is 2.24. The minimum atomic E-state index is -0.0341. The molecular weight excluding hydrogens is 394 g/mol. The summed E-state index contributed by atoms with van der Waals surface area (Å²) in [5, 5.41) is 16.3. The third-order valence-corrected chi connectivity index (χ3v) is 6.61. The number of pyridine rings is 1. The van der Waals surface area contributed by atoms with Crippen molar-refractivity contribution in [3.8, 4) is 5.75 Å². The van der Waals surface area contributed by atoms with E-state index in [4.69, 9.17) is 0 Å². The van der Waals surface area contributed by atoms with Crippen molar-refractivity contribution in [2.45, 2.75) is 45.8 Å². The molecule has 0 saturated heterocycles. The molecule has 0 spiro atoms. The van der Waals surface area contributed by atoms with Crippen molar-refractivity contribution >= 4 is 17.2 Å². The van der Waals surface area contributed by atoms with Crippen LogP contribution in [0, 0.1) is 6.92 Å². The van der Waals surface area contributed by atoms with Crippen LogP contribution in [-0.2, 0) is 25.9 Å². The van der Waals surface area contributed by atoms with Gasteiger partial charge in [0.2, 0.25) is 0 Å². The molecule has 0 radical (unpaired) electrons. The molecule has 0 fully saturated rings. The number of benzene rings is 1. The van der Waals surface area contributed by atoms with E-state index in [2.05, 4.69) is 22.1 Å². The van der Waals surface area contributed by atoms with Crippen LogP contribution in [0.3, 0.4) is 0 Å². The number of fused-ring (bicyclic) bond motifs is 1. The molecule has 2 aromatic heterocycles. The Morgan fingerprint density at radius 2 is 2.10 bits per heavy atom. The van der Waals surface area contributed by atoms with E-state index in [0.29, 0.717) is 23.9 Å². The molecule has 0 aliphatic carbocycles. The second kappa shape index (κ2) is 8.98. The molecule has 1 aromatic carbocycles. The van der Waals surface area contributed by atoms with Crippen LogP contribution in [0.2, 0.25) is 0 Å². The summed E-state index contributed by atoms with van der Waals surface area (Å²) in [7, 11) is 0. The standard InChI is InChI=1S/C24H27N3O2S/c1-16(11-18-3-5-21(28)6-4-18)27-9-7-22-20(14-27)12-25-17(2)23(22)13-26-24(29)19-8-10-30-15-19/h3-6,8,10,12,15-16,28H,7,9,11,13-14H2,1-2H3,(H,26,29). The Hall–Kier alpha value is -2.70. The fourth-order valence-electron chi connectivity index (χ4n) is 4.12. The lowest BCUT2D eigenvalue weighted by molar-refractivity contribution is 0.0951. The SMILES string of the molecule is Cc1ncc2c(c1CNC(=O)c1ccsc1)CCN(C(C)Cc1ccc(O)cc1)C2. The normalized spacial score (nSPS) is 14.9. The van der Waals surface area contributed by atoms with Gasteiger partial charge >= 0.3 is 0 Å². The average molecular weight is 422 g/mol. The van der Waals surface area contributed by atoms with Crippen molar-refractivity contribution < 1.29 is 9.90 Å². The van der Waals surface area contributed by atoms with Gasteiger partial charge in [-0.1, -0.05) is 12.1 Å². The van der Waals surface area contributed by atoms with E-state index in [-0.39, 0.29) is 5.91 Å². The first-order chi connectivity index (χ1) is 14.5. The summed E-state index contributed by atoms with van der Waals surface area (Å²) < 4.78 is 0. The minimum absolute atomic E-state index is 0.0341. The van der Waals surface area contributed by atoms with E-state index >= 15 is 0 Å². The van der Waals surface area contributed by atoms with Crippen LogP contribution in [0.15, 0.2) is 47.3 Å². The van der Waals surface area contributed by atoms with Crippen molar-refractivity contribution in [2.24, 2.45) is 0 Å². The number of nitrogens with one attached hydrogen (secondary N) is 1. The van der Waals surface area contributed by atoms with Crippen molar-refractivity contribution in [3.63, 3.8) is 0 Å². The molecule has 0 bridgehead atoms. The van der Waals surface area contributed by atoms with Gasteiger partial charge in [-0.2, -0.15) is 11.3 Å². The molecule has 3 aromatic rings. The lowest BCUT2D eigenvalue weighted by Crippen LogP contribution is -2.39. The zero-order chi connectivity index (χ0) is 21.1. The molecule has 30 heavy (non-hydrogen) atoms. The van der Waals surface area contributed by atoms with Gasteiger partial charge in [-0.05, 0) is 72.5 Å². The first kappa shape index (κ1) is 20.6. The number of aromatic nitrogens is 1. The second-order valence-electron chi connectivity index (χ2n) is 7.96. The quantitative estimate of drug-likeness (QED) is 0.630. The molecule has 1 aliphatic heterocycles. The van der Waals surface area contributed by atoms with Crippen molar-refractivity contribution in [1.82, 2.24) is 15.2 Å². The van der Waals surface area contributed by atoms with Crippen molar-refractivity contribution in [3.05, 3.63) is 80.8 Å². The van der Waals surface area contributed by atoms with Crippen LogP contribution < -0.4 is 5.32 Å². The van der Waals surface area contributed by atoms with E-state index in [1.54, 1.807) is 12.1 Å². The molecule has 6 heteroatoms. The number of aromatic hydroxyl groups is 1. The maximum Gasteiger partial charge on any atom is 0.252 e. The molecule has 0 saturated carbocycles.